The first-order valence-electron chi connectivity index (χ1n) is 7.57. The summed E-state index contributed by atoms with van der Waals surface area (Å²) in [5.41, 5.74) is -0.342. The van der Waals surface area contributed by atoms with Crippen LogP contribution >= 0.6 is 0 Å². The molecule has 138 valence electrons. The number of amides is 1. The highest BCUT2D eigenvalue weighted by molar-refractivity contribution is 6.62. The zero-order valence-corrected chi connectivity index (χ0v) is 16.1. The lowest BCUT2D eigenvalue weighted by Gasteiger charge is -2.38. The Morgan fingerprint density at radius 1 is 0.870 bits per heavy atom. The van der Waals surface area contributed by atoms with Crippen LogP contribution in [0.5, 0.6) is 0 Å². The summed E-state index contributed by atoms with van der Waals surface area (Å²) in [5, 5.41) is 0. The van der Waals surface area contributed by atoms with Crippen molar-refractivity contribution in [1.29, 1.82) is 0 Å². The monoisotopic (exact) mass is 353 g/mol. The highest BCUT2D eigenvalue weighted by Gasteiger charge is 2.50. The molecule has 0 aliphatic carbocycles. The van der Waals surface area contributed by atoms with Gasteiger partial charge in [0.25, 0.3) is 0 Å². The molecule has 0 aliphatic rings. The maximum Gasteiger partial charge on any atom is 0.524 e. The summed E-state index contributed by atoms with van der Waals surface area (Å²) in [5.74, 6) is -0.0876. The third-order valence-corrected chi connectivity index (χ3v) is 6.59. The van der Waals surface area contributed by atoms with Crippen molar-refractivity contribution in [1.82, 2.24) is 4.90 Å². The number of carbonyl (C=O) groups excluding carboxylic acids is 1. The van der Waals surface area contributed by atoms with Crippen molar-refractivity contribution in [2.75, 3.05) is 68.0 Å². The molecule has 0 radical (unpaired) electrons. The van der Waals surface area contributed by atoms with Crippen LogP contribution in [0.1, 0.15) is 13.8 Å². The molecule has 1 atom stereocenters. The van der Waals surface area contributed by atoms with E-state index >= 15 is 0 Å². The van der Waals surface area contributed by atoms with E-state index in [1.807, 2.05) is 6.92 Å². The molecule has 0 heterocycles. The van der Waals surface area contributed by atoms with E-state index in [1.54, 1.807) is 33.3 Å². The molecule has 0 bridgehead atoms. The van der Waals surface area contributed by atoms with Gasteiger partial charge in [0.2, 0.25) is 5.91 Å². The van der Waals surface area contributed by atoms with Gasteiger partial charge >= 0.3 is 8.80 Å². The summed E-state index contributed by atoms with van der Waals surface area (Å²) in [6, 6.07) is 0. The summed E-state index contributed by atoms with van der Waals surface area (Å²) >= 11 is 0. The van der Waals surface area contributed by atoms with E-state index in [2.05, 4.69) is 0 Å². The lowest BCUT2D eigenvalue weighted by molar-refractivity contribution is -0.129. The van der Waals surface area contributed by atoms with Crippen molar-refractivity contribution in [3.63, 3.8) is 0 Å². The summed E-state index contributed by atoms with van der Waals surface area (Å²) in [6.45, 7) is 5.54. The Morgan fingerprint density at radius 2 is 1.22 bits per heavy atom. The molecule has 0 saturated carbocycles. The Morgan fingerprint density at radius 3 is 1.48 bits per heavy atom. The van der Waals surface area contributed by atoms with Gasteiger partial charge in [-0.1, -0.05) is 0 Å². The smallest absolute Gasteiger partial charge is 0.382 e. The molecule has 9 heteroatoms. The van der Waals surface area contributed by atoms with Gasteiger partial charge < -0.3 is 32.4 Å². The standard InChI is InChI=1S/C14H31NO7Si/c1-13(16)15(3)14(2)23(20-10-7-17-4,21-11-8-18-5)22-12-9-19-6/h14H,7-12H2,1-6H3. The van der Waals surface area contributed by atoms with Crippen LogP contribution in [0.2, 0.25) is 0 Å². The quantitative estimate of drug-likeness (QED) is 0.329. The molecular weight excluding hydrogens is 322 g/mol. The van der Waals surface area contributed by atoms with Gasteiger partial charge in [-0.25, -0.2) is 0 Å². The van der Waals surface area contributed by atoms with Gasteiger partial charge in [0.05, 0.1) is 45.3 Å². The second-order valence-electron chi connectivity index (χ2n) is 4.93. The van der Waals surface area contributed by atoms with Gasteiger partial charge in [0.1, 0.15) is 0 Å². The third-order valence-electron chi connectivity index (χ3n) is 3.36. The van der Waals surface area contributed by atoms with Crippen molar-refractivity contribution in [3.8, 4) is 0 Å². The Bertz CT molecular complexity index is 293. The lowest BCUT2D eigenvalue weighted by Crippen LogP contribution is -2.62. The molecule has 0 saturated heterocycles. The van der Waals surface area contributed by atoms with Crippen LogP contribution in [-0.2, 0) is 32.3 Å². The number of ether oxygens (including phenoxy) is 3. The second kappa shape index (κ2) is 12.8. The zero-order valence-electron chi connectivity index (χ0n) is 15.1. The van der Waals surface area contributed by atoms with Gasteiger partial charge in [-0.3, -0.25) is 4.79 Å². The van der Waals surface area contributed by atoms with Crippen molar-refractivity contribution in [2.45, 2.75) is 19.5 Å². The molecule has 0 N–H and O–H groups in total. The minimum Gasteiger partial charge on any atom is -0.382 e. The second-order valence-corrected chi connectivity index (χ2v) is 7.84. The summed E-state index contributed by atoms with van der Waals surface area (Å²) < 4.78 is 33.0. The molecular formula is C14H31NO7Si. The Kier molecular flexibility index (Phi) is 12.5. The Labute approximate surface area is 140 Å². The van der Waals surface area contributed by atoms with Crippen LogP contribution in [0.15, 0.2) is 0 Å². The Balaban J connectivity index is 5.18. The number of rotatable bonds is 14. The first kappa shape index (κ1) is 22.4. The molecule has 23 heavy (non-hydrogen) atoms. The molecule has 0 aromatic carbocycles. The molecule has 0 spiro atoms. The number of carbonyl (C=O) groups is 1. The van der Waals surface area contributed by atoms with Crippen LogP contribution in [0.4, 0.5) is 0 Å². The van der Waals surface area contributed by atoms with Gasteiger partial charge in [-0.2, -0.15) is 0 Å². The fourth-order valence-corrected chi connectivity index (χ4v) is 4.53. The van der Waals surface area contributed by atoms with E-state index in [0.717, 1.165) is 0 Å². The van der Waals surface area contributed by atoms with Gasteiger partial charge in [-0.05, 0) is 6.92 Å². The molecule has 1 amide bonds. The fourth-order valence-electron chi connectivity index (χ4n) is 1.80. The van der Waals surface area contributed by atoms with Crippen LogP contribution in [0, 0.1) is 0 Å². The largest absolute Gasteiger partial charge is 0.524 e. The van der Waals surface area contributed by atoms with Crippen LogP contribution in [0.3, 0.4) is 0 Å². The molecule has 0 aromatic heterocycles. The Hall–Kier alpha value is -0.553. The first-order valence-corrected chi connectivity index (χ1v) is 9.37. The SMILES string of the molecule is COCCO[Si](OCCOC)(OCCOC)C(C)N(C)C(C)=O. The number of hydrogen-bond acceptors (Lipinski definition) is 7. The van der Waals surface area contributed by atoms with Crippen LogP contribution in [-0.4, -0.2) is 93.3 Å². The van der Waals surface area contributed by atoms with Crippen molar-refractivity contribution in [2.24, 2.45) is 0 Å². The average Bonchev–Trinajstić information content (AvgIpc) is 2.53. The maximum absolute atomic E-state index is 11.7. The van der Waals surface area contributed by atoms with E-state index in [4.69, 9.17) is 27.5 Å². The van der Waals surface area contributed by atoms with E-state index < -0.39 is 8.80 Å². The van der Waals surface area contributed by atoms with Gasteiger partial charge in [0.15, 0.2) is 0 Å². The predicted molar refractivity (Wildman–Crippen MR) is 87.1 cm³/mol. The minimum atomic E-state index is -3.17. The van der Waals surface area contributed by atoms with E-state index in [0.29, 0.717) is 39.6 Å². The highest BCUT2D eigenvalue weighted by atomic mass is 28.4. The number of hydrogen-bond donors (Lipinski definition) is 0. The van der Waals surface area contributed by atoms with Crippen LogP contribution in [0.25, 0.3) is 0 Å². The van der Waals surface area contributed by atoms with Crippen molar-refractivity contribution in [3.05, 3.63) is 0 Å². The van der Waals surface area contributed by atoms with Crippen molar-refractivity contribution < 1.29 is 32.3 Å². The normalized spacial score (nSPS) is 13.1. The number of methoxy groups -OCH3 is 3. The highest BCUT2D eigenvalue weighted by Crippen LogP contribution is 2.19. The van der Waals surface area contributed by atoms with Gasteiger partial charge in [-0.15, -0.1) is 0 Å². The summed E-state index contributed by atoms with van der Waals surface area (Å²) in [6.07, 6.45) is 0. The van der Waals surface area contributed by atoms with Crippen LogP contribution < -0.4 is 0 Å². The summed E-state index contributed by atoms with van der Waals surface area (Å²) in [4.78, 5) is 13.3. The van der Waals surface area contributed by atoms with E-state index in [-0.39, 0.29) is 11.6 Å². The van der Waals surface area contributed by atoms with Crippen molar-refractivity contribution >= 4 is 14.7 Å². The van der Waals surface area contributed by atoms with E-state index in [1.165, 1.54) is 6.92 Å². The lowest BCUT2D eigenvalue weighted by atomic mass is 10.5. The van der Waals surface area contributed by atoms with E-state index in [9.17, 15) is 4.79 Å². The molecule has 0 fully saturated rings. The average molecular weight is 353 g/mol. The zero-order chi connectivity index (χ0) is 17.7. The maximum atomic E-state index is 11.7. The molecule has 0 aromatic rings. The summed E-state index contributed by atoms with van der Waals surface area (Å²) in [7, 11) is 3.31. The fraction of sp³-hybridized carbons (Fsp3) is 0.929. The predicted octanol–water partition coefficient (Wildman–Crippen LogP) is 0.320. The molecule has 0 rings (SSSR count). The minimum absolute atomic E-state index is 0.0876. The molecule has 1 unspecified atom stereocenters. The molecule has 8 nitrogen and oxygen atoms in total. The van der Waals surface area contributed by atoms with Gasteiger partial charge in [0, 0.05) is 35.3 Å². The number of nitrogens with zero attached hydrogens (tertiary/aromatic N) is 1. The first-order chi connectivity index (χ1) is 10.9. The third kappa shape index (κ3) is 8.20. The molecule has 0 aliphatic heterocycles. The topological polar surface area (TPSA) is 75.7 Å².